The number of rotatable bonds is 6. The van der Waals surface area contributed by atoms with Crippen molar-refractivity contribution < 1.29 is 24.6 Å². The molecule has 108 valence electrons. The molecule has 0 aromatic rings. The lowest BCUT2D eigenvalue weighted by Crippen LogP contribution is -2.44. The van der Waals surface area contributed by atoms with Gasteiger partial charge in [0.1, 0.15) is 6.04 Å². The number of hydrogen-bond donors (Lipinski definition) is 3. The molecule has 19 heavy (non-hydrogen) atoms. The molecule has 6 nitrogen and oxygen atoms in total. The zero-order valence-corrected chi connectivity index (χ0v) is 11.3. The summed E-state index contributed by atoms with van der Waals surface area (Å²) >= 11 is 0. The van der Waals surface area contributed by atoms with Crippen LogP contribution >= 0.6 is 0 Å². The molecule has 0 bridgehead atoms. The van der Waals surface area contributed by atoms with Crippen molar-refractivity contribution in [2.24, 2.45) is 17.8 Å². The van der Waals surface area contributed by atoms with E-state index in [9.17, 15) is 14.4 Å². The standard InChI is InChI=1S/C13H21NO5/c1-7(2)5-10(13(18)19)14-11(15)8-3-4-9(6-8)12(16)17/h7-10H,3-6H2,1-2H3,(H,14,15)(H,16,17)(H,18,19)/t8-,9+,10?/m1/s1. The average molecular weight is 271 g/mol. The van der Waals surface area contributed by atoms with Crippen LogP contribution in [0.1, 0.15) is 39.5 Å². The number of aliphatic carboxylic acids is 2. The molecule has 3 N–H and O–H groups in total. The van der Waals surface area contributed by atoms with Gasteiger partial charge < -0.3 is 15.5 Å². The molecule has 0 spiro atoms. The predicted molar refractivity (Wildman–Crippen MR) is 67.5 cm³/mol. The minimum Gasteiger partial charge on any atom is -0.481 e. The summed E-state index contributed by atoms with van der Waals surface area (Å²) in [4.78, 5) is 33.8. The van der Waals surface area contributed by atoms with Gasteiger partial charge in [0.25, 0.3) is 0 Å². The van der Waals surface area contributed by atoms with Gasteiger partial charge in [0, 0.05) is 5.92 Å². The summed E-state index contributed by atoms with van der Waals surface area (Å²) in [7, 11) is 0. The molecule has 1 aliphatic carbocycles. The molecule has 3 atom stereocenters. The van der Waals surface area contributed by atoms with Crippen molar-refractivity contribution in [1.82, 2.24) is 5.32 Å². The zero-order valence-electron chi connectivity index (χ0n) is 11.3. The van der Waals surface area contributed by atoms with Gasteiger partial charge in [-0.25, -0.2) is 4.79 Å². The van der Waals surface area contributed by atoms with Crippen molar-refractivity contribution in [1.29, 1.82) is 0 Å². The van der Waals surface area contributed by atoms with E-state index in [1.165, 1.54) is 0 Å². The van der Waals surface area contributed by atoms with E-state index in [-0.39, 0.29) is 17.7 Å². The fourth-order valence-corrected chi connectivity index (χ4v) is 2.43. The number of carbonyl (C=O) groups is 3. The average Bonchev–Trinajstić information content (AvgIpc) is 2.76. The van der Waals surface area contributed by atoms with Crippen LogP contribution in [0, 0.1) is 17.8 Å². The Hall–Kier alpha value is -1.59. The SMILES string of the molecule is CC(C)CC(NC(=O)[C@@H]1CC[C@H](C(=O)O)C1)C(=O)O. The molecule has 1 rings (SSSR count). The van der Waals surface area contributed by atoms with E-state index in [1.54, 1.807) is 0 Å². The second-order valence-corrected chi connectivity index (χ2v) is 5.57. The first-order valence-electron chi connectivity index (χ1n) is 6.57. The maximum absolute atomic E-state index is 11.9. The minimum absolute atomic E-state index is 0.164. The molecule has 1 saturated carbocycles. The summed E-state index contributed by atoms with van der Waals surface area (Å²) < 4.78 is 0. The third kappa shape index (κ3) is 4.54. The van der Waals surface area contributed by atoms with Crippen LogP contribution in [0.4, 0.5) is 0 Å². The molecule has 1 aliphatic rings. The van der Waals surface area contributed by atoms with E-state index >= 15 is 0 Å². The maximum atomic E-state index is 11.9. The molecular formula is C13H21NO5. The van der Waals surface area contributed by atoms with Gasteiger partial charge in [0.05, 0.1) is 5.92 Å². The summed E-state index contributed by atoms with van der Waals surface area (Å²) in [5, 5.41) is 20.4. The van der Waals surface area contributed by atoms with Crippen LogP contribution in [0.15, 0.2) is 0 Å². The topological polar surface area (TPSA) is 104 Å². The Morgan fingerprint density at radius 3 is 2.16 bits per heavy atom. The number of amides is 1. The highest BCUT2D eigenvalue weighted by atomic mass is 16.4. The molecule has 0 radical (unpaired) electrons. The molecule has 0 aromatic heterocycles. The third-order valence-electron chi connectivity index (χ3n) is 3.47. The highest BCUT2D eigenvalue weighted by Crippen LogP contribution is 2.31. The number of carboxylic acid groups (broad SMARTS) is 2. The third-order valence-corrected chi connectivity index (χ3v) is 3.47. The lowest BCUT2D eigenvalue weighted by Gasteiger charge is -2.18. The number of hydrogen-bond acceptors (Lipinski definition) is 3. The monoisotopic (exact) mass is 271 g/mol. The molecule has 1 unspecified atom stereocenters. The van der Waals surface area contributed by atoms with E-state index in [1.807, 2.05) is 13.8 Å². The van der Waals surface area contributed by atoms with Crippen molar-refractivity contribution in [2.75, 3.05) is 0 Å². The van der Waals surface area contributed by atoms with Crippen molar-refractivity contribution in [2.45, 2.75) is 45.6 Å². The molecule has 1 fully saturated rings. The highest BCUT2D eigenvalue weighted by Gasteiger charge is 2.35. The molecule has 6 heteroatoms. The summed E-state index contributed by atoms with van der Waals surface area (Å²) in [5.41, 5.74) is 0. The Morgan fingerprint density at radius 1 is 1.16 bits per heavy atom. The summed E-state index contributed by atoms with van der Waals surface area (Å²) in [5.74, 6) is -2.96. The fraction of sp³-hybridized carbons (Fsp3) is 0.769. The first-order chi connectivity index (χ1) is 8.81. The van der Waals surface area contributed by atoms with E-state index in [2.05, 4.69) is 5.32 Å². The molecule has 1 amide bonds. The maximum Gasteiger partial charge on any atom is 0.326 e. The molecular weight excluding hydrogens is 250 g/mol. The smallest absolute Gasteiger partial charge is 0.326 e. The van der Waals surface area contributed by atoms with E-state index in [0.29, 0.717) is 25.7 Å². The first kappa shape index (κ1) is 15.5. The van der Waals surface area contributed by atoms with E-state index in [0.717, 1.165) is 0 Å². The number of carbonyl (C=O) groups excluding carboxylic acids is 1. The molecule has 0 saturated heterocycles. The van der Waals surface area contributed by atoms with Crippen LogP contribution in [0.2, 0.25) is 0 Å². The van der Waals surface area contributed by atoms with Crippen LogP contribution in [-0.4, -0.2) is 34.1 Å². The minimum atomic E-state index is -1.05. The molecule has 0 aromatic carbocycles. The van der Waals surface area contributed by atoms with Crippen molar-refractivity contribution in [3.8, 4) is 0 Å². The summed E-state index contributed by atoms with van der Waals surface area (Å²) in [6.45, 7) is 3.77. The highest BCUT2D eigenvalue weighted by molar-refractivity contribution is 5.85. The van der Waals surface area contributed by atoms with Crippen molar-refractivity contribution in [3.63, 3.8) is 0 Å². The van der Waals surface area contributed by atoms with Gasteiger partial charge in [0.15, 0.2) is 0 Å². The largest absolute Gasteiger partial charge is 0.481 e. The Morgan fingerprint density at radius 2 is 1.74 bits per heavy atom. The second kappa shape index (κ2) is 6.54. The lowest BCUT2D eigenvalue weighted by molar-refractivity contribution is -0.143. The first-order valence-corrected chi connectivity index (χ1v) is 6.57. The molecule has 0 heterocycles. The van der Waals surface area contributed by atoms with Crippen LogP contribution in [-0.2, 0) is 14.4 Å². The van der Waals surface area contributed by atoms with Gasteiger partial charge >= 0.3 is 11.9 Å². The van der Waals surface area contributed by atoms with Crippen molar-refractivity contribution in [3.05, 3.63) is 0 Å². The lowest BCUT2D eigenvalue weighted by atomic mass is 10.0. The molecule has 0 aliphatic heterocycles. The Labute approximate surface area is 112 Å². The van der Waals surface area contributed by atoms with E-state index < -0.39 is 23.9 Å². The van der Waals surface area contributed by atoms with Crippen LogP contribution in [0.5, 0.6) is 0 Å². The second-order valence-electron chi connectivity index (χ2n) is 5.57. The van der Waals surface area contributed by atoms with Gasteiger partial charge in [-0.05, 0) is 31.6 Å². The normalized spacial score (nSPS) is 24.2. The Balaban J connectivity index is 2.54. The van der Waals surface area contributed by atoms with Gasteiger partial charge in [-0.3, -0.25) is 9.59 Å². The van der Waals surface area contributed by atoms with Crippen LogP contribution in [0.3, 0.4) is 0 Å². The zero-order chi connectivity index (χ0) is 14.6. The van der Waals surface area contributed by atoms with Gasteiger partial charge in [-0.1, -0.05) is 13.8 Å². The van der Waals surface area contributed by atoms with Gasteiger partial charge in [-0.2, -0.15) is 0 Å². The van der Waals surface area contributed by atoms with Crippen LogP contribution < -0.4 is 5.32 Å². The van der Waals surface area contributed by atoms with Gasteiger partial charge in [-0.15, -0.1) is 0 Å². The fourth-order valence-electron chi connectivity index (χ4n) is 2.43. The number of nitrogens with one attached hydrogen (secondary N) is 1. The quantitative estimate of drug-likeness (QED) is 0.671. The summed E-state index contributed by atoms with van der Waals surface area (Å²) in [6, 6.07) is -0.892. The van der Waals surface area contributed by atoms with E-state index in [4.69, 9.17) is 10.2 Å². The van der Waals surface area contributed by atoms with Gasteiger partial charge in [0.2, 0.25) is 5.91 Å². The summed E-state index contributed by atoms with van der Waals surface area (Å²) in [6.07, 6.45) is 1.66. The predicted octanol–water partition coefficient (Wildman–Crippen LogP) is 1.10. The Kier molecular flexibility index (Phi) is 5.32. The number of carboxylic acids is 2. The van der Waals surface area contributed by atoms with Crippen LogP contribution in [0.25, 0.3) is 0 Å². The van der Waals surface area contributed by atoms with Crippen molar-refractivity contribution >= 4 is 17.8 Å². The Bertz CT molecular complexity index is 366.